The average Bonchev–Trinajstić information content (AvgIpc) is 2.59. The number of ether oxygens (including phenoxy) is 1. The minimum atomic E-state index is -4.80. The van der Waals surface area contributed by atoms with Crippen molar-refractivity contribution >= 4 is 0 Å². The van der Waals surface area contributed by atoms with Crippen molar-refractivity contribution in [2.45, 2.75) is 6.18 Å². The molecule has 2 heterocycles. The Morgan fingerprint density at radius 2 is 1.73 bits per heavy atom. The van der Waals surface area contributed by atoms with E-state index >= 15 is 0 Å². The van der Waals surface area contributed by atoms with Gasteiger partial charge in [0, 0.05) is 25.4 Å². The first-order valence-electron chi connectivity index (χ1n) is 7.37. The van der Waals surface area contributed by atoms with E-state index in [4.69, 9.17) is 4.74 Å². The smallest absolute Gasteiger partial charge is 0.431 e. The molecule has 26 heavy (non-hydrogen) atoms. The van der Waals surface area contributed by atoms with Crippen LogP contribution in [0.3, 0.4) is 0 Å². The third-order valence-electron chi connectivity index (χ3n) is 3.57. The number of benzene rings is 1. The van der Waals surface area contributed by atoms with Crippen LogP contribution in [0.25, 0.3) is 5.69 Å². The van der Waals surface area contributed by atoms with Crippen LogP contribution < -0.4 is 16.0 Å². The van der Waals surface area contributed by atoms with E-state index in [2.05, 4.69) is 4.98 Å². The van der Waals surface area contributed by atoms with Gasteiger partial charge in [-0.1, -0.05) is 6.07 Å². The van der Waals surface area contributed by atoms with Gasteiger partial charge in [-0.05, 0) is 30.3 Å². The first-order chi connectivity index (χ1) is 12.3. The van der Waals surface area contributed by atoms with Gasteiger partial charge in [-0.2, -0.15) is 13.2 Å². The molecule has 0 atom stereocenters. The van der Waals surface area contributed by atoms with Gasteiger partial charge in [0.15, 0.2) is 0 Å². The Balaban J connectivity index is 1.99. The largest absolute Gasteiger partial charge is 0.439 e. The summed E-state index contributed by atoms with van der Waals surface area (Å²) < 4.78 is 45.1. The minimum Gasteiger partial charge on any atom is -0.439 e. The van der Waals surface area contributed by atoms with Crippen LogP contribution in [-0.4, -0.2) is 14.1 Å². The molecule has 6 nitrogen and oxygen atoms in total. The maximum Gasteiger partial charge on any atom is 0.431 e. The number of nitrogens with zero attached hydrogens (tertiary/aromatic N) is 3. The number of aromatic nitrogens is 3. The molecule has 1 aromatic carbocycles. The molecule has 0 aliphatic carbocycles. The van der Waals surface area contributed by atoms with Crippen molar-refractivity contribution < 1.29 is 17.9 Å². The molecule has 0 fully saturated rings. The molecule has 3 rings (SSSR count). The van der Waals surface area contributed by atoms with Gasteiger partial charge in [-0.3, -0.25) is 9.36 Å². The van der Waals surface area contributed by atoms with Crippen molar-refractivity contribution in [3.63, 3.8) is 0 Å². The summed E-state index contributed by atoms with van der Waals surface area (Å²) in [5, 5.41) is 0. The standard InChI is InChI=1S/C17H12F3N3O3/c1-22-13(17(18,19)20)10-15(24)23(16(22)25)11-5-7-12(8-6-11)26-14-4-2-3-9-21-14/h2-10H,1H3. The van der Waals surface area contributed by atoms with Crippen LogP contribution >= 0.6 is 0 Å². The summed E-state index contributed by atoms with van der Waals surface area (Å²) in [6.45, 7) is 0. The highest BCUT2D eigenvalue weighted by Gasteiger charge is 2.35. The summed E-state index contributed by atoms with van der Waals surface area (Å²) in [5.74, 6) is 0.743. The van der Waals surface area contributed by atoms with Crippen LogP contribution in [0, 0.1) is 0 Å². The van der Waals surface area contributed by atoms with Crippen LogP contribution in [0.5, 0.6) is 11.6 Å². The Morgan fingerprint density at radius 3 is 2.31 bits per heavy atom. The van der Waals surface area contributed by atoms with Gasteiger partial charge in [-0.25, -0.2) is 14.3 Å². The number of rotatable bonds is 3. The fourth-order valence-corrected chi connectivity index (χ4v) is 2.33. The van der Waals surface area contributed by atoms with E-state index in [0.29, 0.717) is 26.8 Å². The lowest BCUT2D eigenvalue weighted by atomic mass is 10.3. The normalized spacial score (nSPS) is 11.4. The van der Waals surface area contributed by atoms with E-state index in [1.165, 1.54) is 24.3 Å². The second-order valence-electron chi connectivity index (χ2n) is 5.31. The van der Waals surface area contributed by atoms with Crippen LogP contribution in [0.1, 0.15) is 5.69 Å². The average molecular weight is 363 g/mol. The lowest BCUT2D eigenvalue weighted by Crippen LogP contribution is -2.40. The van der Waals surface area contributed by atoms with Crippen LogP contribution in [-0.2, 0) is 13.2 Å². The predicted molar refractivity (Wildman–Crippen MR) is 86.6 cm³/mol. The van der Waals surface area contributed by atoms with E-state index in [-0.39, 0.29) is 5.69 Å². The summed E-state index contributed by atoms with van der Waals surface area (Å²) in [4.78, 5) is 28.3. The van der Waals surface area contributed by atoms with Gasteiger partial charge < -0.3 is 4.74 Å². The number of hydrogen-bond acceptors (Lipinski definition) is 4. The van der Waals surface area contributed by atoms with Crippen molar-refractivity contribution in [3.05, 3.63) is 81.3 Å². The molecule has 9 heteroatoms. The molecule has 134 valence electrons. The Hall–Kier alpha value is -3.36. The summed E-state index contributed by atoms with van der Waals surface area (Å²) in [5.41, 5.74) is -3.35. The molecule has 0 saturated carbocycles. The lowest BCUT2D eigenvalue weighted by Gasteiger charge is -2.14. The Labute approximate surface area is 144 Å². The molecule has 3 aromatic rings. The second-order valence-corrected chi connectivity index (χ2v) is 5.31. The fraction of sp³-hybridized carbons (Fsp3) is 0.118. The molecule has 0 saturated heterocycles. The summed E-state index contributed by atoms with van der Waals surface area (Å²) in [7, 11) is 0.958. The highest BCUT2D eigenvalue weighted by atomic mass is 19.4. The zero-order chi connectivity index (χ0) is 18.9. The zero-order valence-electron chi connectivity index (χ0n) is 13.4. The van der Waals surface area contributed by atoms with E-state index < -0.39 is 23.1 Å². The maximum atomic E-state index is 12.9. The van der Waals surface area contributed by atoms with Crippen LogP contribution in [0.2, 0.25) is 0 Å². The third kappa shape index (κ3) is 3.37. The molecule has 0 spiro atoms. The quantitative estimate of drug-likeness (QED) is 0.718. The molecule has 0 bridgehead atoms. The number of halogens is 3. The maximum absolute atomic E-state index is 12.9. The number of hydrogen-bond donors (Lipinski definition) is 0. The Kier molecular flexibility index (Phi) is 4.37. The highest BCUT2D eigenvalue weighted by molar-refractivity contribution is 5.38. The van der Waals surface area contributed by atoms with E-state index in [9.17, 15) is 22.8 Å². The Morgan fingerprint density at radius 1 is 1.04 bits per heavy atom. The van der Waals surface area contributed by atoms with Gasteiger partial charge in [0.2, 0.25) is 5.88 Å². The SMILES string of the molecule is Cn1c(C(F)(F)F)cc(=O)n(-c2ccc(Oc3ccccn3)cc2)c1=O. The summed E-state index contributed by atoms with van der Waals surface area (Å²) in [6.07, 6.45) is -3.25. The summed E-state index contributed by atoms with van der Waals surface area (Å²) in [6, 6.07) is 11.2. The third-order valence-corrected chi connectivity index (χ3v) is 3.57. The van der Waals surface area contributed by atoms with E-state index in [1.54, 1.807) is 24.4 Å². The van der Waals surface area contributed by atoms with Crippen LogP contribution in [0.4, 0.5) is 13.2 Å². The molecule has 2 aromatic heterocycles. The van der Waals surface area contributed by atoms with Gasteiger partial charge in [0.25, 0.3) is 5.56 Å². The lowest BCUT2D eigenvalue weighted by molar-refractivity contribution is -0.144. The fourth-order valence-electron chi connectivity index (χ4n) is 2.33. The topological polar surface area (TPSA) is 66.1 Å². The van der Waals surface area contributed by atoms with Crippen molar-refractivity contribution in [1.82, 2.24) is 14.1 Å². The monoisotopic (exact) mass is 363 g/mol. The molecule has 0 aliphatic rings. The first-order valence-corrected chi connectivity index (χ1v) is 7.37. The second kappa shape index (κ2) is 6.51. The van der Waals surface area contributed by atoms with Crippen LogP contribution in [0.15, 0.2) is 64.3 Å². The minimum absolute atomic E-state index is 0.123. The number of pyridine rings is 1. The molecular formula is C17H12F3N3O3. The molecule has 0 amide bonds. The highest BCUT2D eigenvalue weighted by Crippen LogP contribution is 2.27. The van der Waals surface area contributed by atoms with Crippen molar-refractivity contribution in [3.8, 4) is 17.3 Å². The zero-order valence-corrected chi connectivity index (χ0v) is 13.4. The predicted octanol–water partition coefficient (Wildman–Crippen LogP) is 2.74. The van der Waals surface area contributed by atoms with Gasteiger partial charge in [0.1, 0.15) is 11.4 Å². The van der Waals surface area contributed by atoms with Gasteiger partial charge in [0.05, 0.1) is 5.69 Å². The molecule has 0 radical (unpaired) electrons. The van der Waals surface area contributed by atoms with E-state index in [1.807, 2.05) is 0 Å². The summed E-state index contributed by atoms with van der Waals surface area (Å²) >= 11 is 0. The van der Waals surface area contributed by atoms with Crippen molar-refractivity contribution in [1.29, 1.82) is 0 Å². The molecular weight excluding hydrogens is 351 g/mol. The van der Waals surface area contributed by atoms with Gasteiger partial charge in [-0.15, -0.1) is 0 Å². The molecule has 0 N–H and O–H groups in total. The Bertz CT molecular complexity index is 1040. The number of alkyl halides is 3. The van der Waals surface area contributed by atoms with Crippen molar-refractivity contribution in [2.24, 2.45) is 7.05 Å². The van der Waals surface area contributed by atoms with Crippen molar-refractivity contribution in [2.75, 3.05) is 0 Å². The van der Waals surface area contributed by atoms with Gasteiger partial charge >= 0.3 is 11.9 Å². The molecule has 0 aliphatic heterocycles. The first kappa shape index (κ1) is 17.5. The molecule has 0 unspecified atom stereocenters. The van der Waals surface area contributed by atoms with E-state index in [0.717, 1.165) is 7.05 Å².